The summed E-state index contributed by atoms with van der Waals surface area (Å²) in [6.45, 7) is 5.41. The summed E-state index contributed by atoms with van der Waals surface area (Å²) in [6.07, 6.45) is 7.07. The van der Waals surface area contributed by atoms with E-state index in [2.05, 4.69) is 13.8 Å². The minimum atomic E-state index is -0.210. The fourth-order valence-electron chi connectivity index (χ4n) is 4.76. The number of hydrogen-bond acceptors (Lipinski definition) is 4. The number of aryl methyl sites for hydroxylation is 1. The number of carbonyl (C=O) groups is 2. The van der Waals surface area contributed by atoms with E-state index in [1.807, 2.05) is 34.8 Å². The highest BCUT2D eigenvalue weighted by Crippen LogP contribution is 2.32. The molecule has 0 atom stereocenters. The van der Waals surface area contributed by atoms with Crippen molar-refractivity contribution in [3.05, 3.63) is 47.8 Å². The molecule has 1 heterocycles. The summed E-state index contributed by atoms with van der Waals surface area (Å²) in [6, 6.07) is 9.36. The van der Waals surface area contributed by atoms with Crippen molar-refractivity contribution < 1.29 is 19.1 Å². The van der Waals surface area contributed by atoms with Crippen LogP contribution in [-0.4, -0.2) is 59.5 Å². The lowest BCUT2D eigenvalue weighted by Crippen LogP contribution is -2.48. The maximum atomic E-state index is 13.9. The Morgan fingerprint density at radius 2 is 1.68 bits per heavy atom. The zero-order chi connectivity index (χ0) is 24.7. The molecule has 0 saturated heterocycles. The van der Waals surface area contributed by atoms with E-state index in [1.165, 1.54) is 0 Å². The molecule has 0 aliphatic heterocycles. The van der Waals surface area contributed by atoms with E-state index in [0.29, 0.717) is 36.1 Å². The standard InChI is InChI=1S/C27H39N3O4/c1-20(2)17-29(18-22-13-10-16-28(22)3)25(31)19-30(21-11-7-6-8-12-21)27(32)26-23(33-4)14-9-15-24(26)34-5/h9-10,13-16,20-21H,6-8,11-12,17-19H2,1-5H3. The van der Waals surface area contributed by atoms with E-state index in [9.17, 15) is 9.59 Å². The van der Waals surface area contributed by atoms with Crippen molar-refractivity contribution in [3.63, 3.8) is 0 Å². The number of aromatic nitrogens is 1. The van der Waals surface area contributed by atoms with E-state index in [0.717, 1.165) is 37.8 Å². The third-order valence-electron chi connectivity index (χ3n) is 6.57. The molecule has 1 saturated carbocycles. The SMILES string of the molecule is COc1cccc(OC)c1C(=O)N(CC(=O)N(Cc1cccn1C)CC(C)C)C1CCCCC1. The van der Waals surface area contributed by atoms with Gasteiger partial charge in [-0.25, -0.2) is 0 Å². The molecule has 186 valence electrons. The Morgan fingerprint density at radius 3 is 2.21 bits per heavy atom. The van der Waals surface area contributed by atoms with Gasteiger partial charge in [-0.2, -0.15) is 0 Å². The summed E-state index contributed by atoms with van der Waals surface area (Å²) in [7, 11) is 5.08. The first-order chi connectivity index (χ1) is 16.3. The van der Waals surface area contributed by atoms with Gasteiger partial charge in [-0.1, -0.05) is 39.2 Å². The topological polar surface area (TPSA) is 64.0 Å². The number of amides is 2. The van der Waals surface area contributed by atoms with Crippen LogP contribution in [-0.2, 0) is 18.4 Å². The maximum Gasteiger partial charge on any atom is 0.262 e. The summed E-state index contributed by atoms with van der Waals surface area (Å²) < 4.78 is 13.1. The van der Waals surface area contributed by atoms with Gasteiger partial charge >= 0.3 is 0 Å². The Kier molecular flexibility index (Phi) is 9.02. The van der Waals surface area contributed by atoms with Gasteiger partial charge in [0.05, 0.1) is 20.8 Å². The van der Waals surface area contributed by atoms with Gasteiger partial charge in [-0.15, -0.1) is 0 Å². The Morgan fingerprint density at radius 1 is 1.03 bits per heavy atom. The summed E-state index contributed by atoms with van der Waals surface area (Å²) in [4.78, 5) is 31.3. The van der Waals surface area contributed by atoms with Crippen molar-refractivity contribution in [1.29, 1.82) is 0 Å². The average molecular weight is 470 g/mol. The van der Waals surface area contributed by atoms with E-state index in [-0.39, 0.29) is 24.4 Å². The second-order valence-electron chi connectivity index (χ2n) is 9.54. The van der Waals surface area contributed by atoms with E-state index in [1.54, 1.807) is 37.3 Å². The quantitative estimate of drug-likeness (QED) is 0.514. The van der Waals surface area contributed by atoms with Crippen molar-refractivity contribution in [2.24, 2.45) is 13.0 Å². The zero-order valence-corrected chi connectivity index (χ0v) is 21.3. The van der Waals surface area contributed by atoms with Crippen molar-refractivity contribution >= 4 is 11.8 Å². The molecule has 1 fully saturated rings. The Bertz CT molecular complexity index is 940. The van der Waals surface area contributed by atoms with Crippen LogP contribution in [0.5, 0.6) is 11.5 Å². The second-order valence-corrected chi connectivity index (χ2v) is 9.54. The maximum absolute atomic E-state index is 13.9. The Hall–Kier alpha value is -2.96. The fraction of sp³-hybridized carbons (Fsp3) is 0.556. The predicted octanol–water partition coefficient (Wildman–Crippen LogP) is 4.50. The molecule has 0 radical (unpaired) electrons. The fourth-order valence-corrected chi connectivity index (χ4v) is 4.76. The minimum Gasteiger partial charge on any atom is -0.496 e. The van der Waals surface area contributed by atoms with Gasteiger partial charge in [0.2, 0.25) is 5.91 Å². The minimum absolute atomic E-state index is 0.0238. The smallest absolute Gasteiger partial charge is 0.262 e. The summed E-state index contributed by atoms with van der Waals surface area (Å²) >= 11 is 0. The molecule has 0 unspecified atom stereocenters. The molecule has 0 bridgehead atoms. The first-order valence-corrected chi connectivity index (χ1v) is 12.3. The first-order valence-electron chi connectivity index (χ1n) is 12.3. The Balaban J connectivity index is 1.92. The largest absolute Gasteiger partial charge is 0.496 e. The van der Waals surface area contributed by atoms with Crippen LogP contribution < -0.4 is 9.47 Å². The van der Waals surface area contributed by atoms with Crippen molar-refractivity contribution in [2.45, 2.75) is 58.5 Å². The van der Waals surface area contributed by atoms with Crippen molar-refractivity contribution in [1.82, 2.24) is 14.4 Å². The van der Waals surface area contributed by atoms with Crippen LogP contribution in [0.3, 0.4) is 0 Å². The first kappa shape index (κ1) is 25.7. The van der Waals surface area contributed by atoms with Gasteiger partial charge in [0, 0.05) is 31.5 Å². The van der Waals surface area contributed by atoms with Gasteiger partial charge in [-0.3, -0.25) is 9.59 Å². The highest BCUT2D eigenvalue weighted by Gasteiger charge is 2.33. The van der Waals surface area contributed by atoms with Crippen molar-refractivity contribution in [3.8, 4) is 11.5 Å². The molecule has 7 heteroatoms. The zero-order valence-electron chi connectivity index (χ0n) is 21.3. The number of methoxy groups -OCH3 is 2. The highest BCUT2D eigenvalue weighted by atomic mass is 16.5. The molecule has 3 rings (SSSR count). The van der Waals surface area contributed by atoms with Gasteiger partial charge < -0.3 is 23.8 Å². The third kappa shape index (κ3) is 6.13. The van der Waals surface area contributed by atoms with Crippen LogP contribution in [0.15, 0.2) is 36.5 Å². The number of carbonyl (C=O) groups excluding carboxylic acids is 2. The number of rotatable bonds is 10. The highest BCUT2D eigenvalue weighted by molar-refractivity contribution is 6.01. The van der Waals surface area contributed by atoms with E-state index >= 15 is 0 Å². The van der Waals surface area contributed by atoms with Crippen LogP contribution in [0, 0.1) is 5.92 Å². The molecule has 7 nitrogen and oxygen atoms in total. The van der Waals surface area contributed by atoms with Gasteiger partial charge in [0.15, 0.2) is 0 Å². The molecular weight excluding hydrogens is 430 g/mol. The number of hydrogen-bond donors (Lipinski definition) is 0. The number of benzene rings is 1. The molecular formula is C27H39N3O4. The van der Waals surface area contributed by atoms with Crippen LogP contribution in [0.2, 0.25) is 0 Å². The van der Waals surface area contributed by atoms with Crippen LogP contribution in [0.1, 0.15) is 62.0 Å². The van der Waals surface area contributed by atoms with Gasteiger partial charge in [-0.05, 0) is 43.0 Å². The van der Waals surface area contributed by atoms with Crippen molar-refractivity contribution in [2.75, 3.05) is 27.3 Å². The molecule has 0 N–H and O–H groups in total. The summed E-state index contributed by atoms with van der Waals surface area (Å²) in [5.41, 5.74) is 1.44. The molecule has 34 heavy (non-hydrogen) atoms. The molecule has 1 aromatic carbocycles. The lowest BCUT2D eigenvalue weighted by molar-refractivity contribution is -0.133. The molecule has 1 aliphatic rings. The summed E-state index contributed by atoms with van der Waals surface area (Å²) in [5.74, 6) is 0.985. The normalized spacial score (nSPS) is 14.2. The lowest BCUT2D eigenvalue weighted by atomic mass is 9.93. The lowest BCUT2D eigenvalue weighted by Gasteiger charge is -2.36. The van der Waals surface area contributed by atoms with E-state index in [4.69, 9.17) is 9.47 Å². The monoisotopic (exact) mass is 469 g/mol. The molecule has 2 amide bonds. The Labute approximate surface area is 203 Å². The van der Waals surface area contributed by atoms with Crippen LogP contribution >= 0.6 is 0 Å². The van der Waals surface area contributed by atoms with Crippen LogP contribution in [0.25, 0.3) is 0 Å². The molecule has 0 spiro atoms. The molecule has 1 aromatic heterocycles. The van der Waals surface area contributed by atoms with Crippen LogP contribution in [0.4, 0.5) is 0 Å². The number of nitrogens with zero attached hydrogens (tertiary/aromatic N) is 3. The predicted molar refractivity (Wildman–Crippen MR) is 133 cm³/mol. The van der Waals surface area contributed by atoms with E-state index < -0.39 is 0 Å². The second kappa shape index (κ2) is 12.0. The van der Waals surface area contributed by atoms with Gasteiger partial charge in [0.1, 0.15) is 23.6 Å². The average Bonchev–Trinajstić information content (AvgIpc) is 3.25. The molecule has 2 aromatic rings. The molecule has 1 aliphatic carbocycles. The summed E-state index contributed by atoms with van der Waals surface area (Å²) in [5, 5.41) is 0. The van der Waals surface area contributed by atoms with Gasteiger partial charge in [0.25, 0.3) is 5.91 Å². The third-order valence-corrected chi connectivity index (χ3v) is 6.57. The number of ether oxygens (including phenoxy) is 2.